The summed E-state index contributed by atoms with van der Waals surface area (Å²) in [6.07, 6.45) is 4.92. The first-order valence-electron chi connectivity index (χ1n) is 5.75. The van der Waals surface area contributed by atoms with Gasteiger partial charge in [0.1, 0.15) is 5.75 Å². The summed E-state index contributed by atoms with van der Waals surface area (Å²) < 4.78 is 5.73. The molecule has 0 bridgehead atoms. The molecule has 0 saturated heterocycles. The van der Waals surface area contributed by atoms with E-state index in [0.29, 0.717) is 23.2 Å². The lowest BCUT2D eigenvalue weighted by molar-refractivity contribution is 0.464. The normalized spacial score (nSPS) is 10.6. The zero-order valence-corrected chi connectivity index (χ0v) is 10.7. The summed E-state index contributed by atoms with van der Waals surface area (Å²) >= 11 is 5.67. The molecule has 0 aliphatic rings. The lowest BCUT2D eigenvalue weighted by Gasteiger charge is -2.07. The highest BCUT2D eigenvalue weighted by Crippen LogP contribution is 2.27. The number of fused-ring (bicyclic) bond motifs is 1. The van der Waals surface area contributed by atoms with E-state index < -0.39 is 0 Å². The SMILES string of the molecule is ClCc1cnc(Oc2cccc3ncccc23)cn1. The van der Waals surface area contributed by atoms with Crippen molar-refractivity contribution in [2.45, 2.75) is 5.88 Å². The predicted octanol–water partition coefficient (Wildman–Crippen LogP) is 3.56. The maximum atomic E-state index is 5.73. The molecule has 0 saturated carbocycles. The van der Waals surface area contributed by atoms with Gasteiger partial charge in [0, 0.05) is 11.6 Å². The van der Waals surface area contributed by atoms with Crippen LogP contribution in [0.1, 0.15) is 5.69 Å². The third-order valence-corrected chi connectivity index (χ3v) is 2.91. The lowest BCUT2D eigenvalue weighted by Crippen LogP contribution is -1.93. The molecule has 0 amide bonds. The Morgan fingerprint density at radius 2 is 1.95 bits per heavy atom. The molecule has 0 atom stereocenters. The maximum Gasteiger partial charge on any atom is 0.237 e. The molecule has 0 fully saturated rings. The van der Waals surface area contributed by atoms with Crippen LogP contribution in [0.3, 0.4) is 0 Å². The summed E-state index contributed by atoms with van der Waals surface area (Å²) in [7, 11) is 0. The van der Waals surface area contributed by atoms with E-state index in [4.69, 9.17) is 16.3 Å². The highest BCUT2D eigenvalue weighted by molar-refractivity contribution is 6.16. The number of hydrogen-bond donors (Lipinski definition) is 0. The van der Waals surface area contributed by atoms with Crippen LogP contribution in [0.25, 0.3) is 10.9 Å². The van der Waals surface area contributed by atoms with Gasteiger partial charge in [-0.1, -0.05) is 6.07 Å². The van der Waals surface area contributed by atoms with Crippen LogP contribution in [-0.2, 0) is 5.88 Å². The van der Waals surface area contributed by atoms with Crippen molar-refractivity contribution in [2.75, 3.05) is 0 Å². The molecule has 2 heterocycles. The van der Waals surface area contributed by atoms with Gasteiger partial charge in [-0.3, -0.25) is 9.97 Å². The Morgan fingerprint density at radius 3 is 2.74 bits per heavy atom. The van der Waals surface area contributed by atoms with Crippen LogP contribution < -0.4 is 4.74 Å². The molecule has 0 spiro atoms. The number of alkyl halides is 1. The van der Waals surface area contributed by atoms with Crippen LogP contribution in [0.4, 0.5) is 0 Å². The minimum Gasteiger partial charge on any atom is -0.437 e. The van der Waals surface area contributed by atoms with Crippen LogP contribution in [0.5, 0.6) is 11.6 Å². The Bertz CT molecular complexity index is 695. The van der Waals surface area contributed by atoms with E-state index in [1.807, 2.05) is 30.3 Å². The molecule has 4 nitrogen and oxygen atoms in total. The van der Waals surface area contributed by atoms with Gasteiger partial charge in [-0.05, 0) is 24.3 Å². The van der Waals surface area contributed by atoms with Crippen LogP contribution in [0.15, 0.2) is 48.9 Å². The van der Waals surface area contributed by atoms with Gasteiger partial charge in [0.2, 0.25) is 5.88 Å². The van der Waals surface area contributed by atoms with E-state index in [9.17, 15) is 0 Å². The van der Waals surface area contributed by atoms with E-state index in [-0.39, 0.29) is 0 Å². The predicted molar refractivity (Wildman–Crippen MR) is 73.4 cm³/mol. The van der Waals surface area contributed by atoms with Crippen molar-refractivity contribution in [3.63, 3.8) is 0 Å². The second kappa shape index (κ2) is 5.20. The fraction of sp³-hybridized carbons (Fsp3) is 0.0714. The molecule has 0 aliphatic carbocycles. The number of hydrogen-bond acceptors (Lipinski definition) is 4. The average molecular weight is 272 g/mol. The van der Waals surface area contributed by atoms with Crippen molar-refractivity contribution >= 4 is 22.5 Å². The third-order valence-electron chi connectivity index (χ3n) is 2.64. The van der Waals surface area contributed by atoms with E-state index in [2.05, 4.69) is 15.0 Å². The molecule has 19 heavy (non-hydrogen) atoms. The van der Waals surface area contributed by atoms with Crippen molar-refractivity contribution < 1.29 is 4.74 Å². The van der Waals surface area contributed by atoms with Gasteiger partial charge >= 0.3 is 0 Å². The maximum absolute atomic E-state index is 5.73. The van der Waals surface area contributed by atoms with Crippen LogP contribution in [0, 0.1) is 0 Å². The summed E-state index contributed by atoms with van der Waals surface area (Å²) in [4.78, 5) is 12.6. The first-order valence-corrected chi connectivity index (χ1v) is 6.29. The second-order valence-electron chi connectivity index (χ2n) is 3.91. The fourth-order valence-corrected chi connectivity index (χ4v) is 1.88. The van der Waals surface area contributed by atoms with Gasteiger partial charge in [0.05, 0.1) is 29.5 Å². The topological polar surface area (TPSA) is 47.9 Å². The molecule has 5 heteroatoms. The molecule has 0 unspecified atom stereocenters. The summed E-state index contributed by atoms with van der Waals surface area (Å²) in [5.41, 5.74) is 1.60. The van der Waals surface area contributed by atoms with Crippen LogP contribution in [-0.4, -0.2) is 15.0 Å². The van der Waals surface area contributed by atoms with Crippen molar-refractivity contribution in [3.05, 3.63) is 54.6 Å². The summed E-state index contributed by atoms with van der Waals surface area (Å²) in [6.45, 7) is 0. The third kappa shape index (κ3) is 2.48. The van der Waals surface area contributed by atoms with E-state index >= 15 is 0 Å². The van der Waals surface area contributed by atoms with Gasteiger partial charge in [-0.15, -0.1) is 11.6 Å². The Hall–Kier alpha value is -2.20. The number of rotatable bonds is 3. The standard InChI is InChI=1S/C14H10ClN3O/c15-7-10-8-18-14(9-17-10)19-13-5-1-4-12-11(13)3-2-6-16-12/h1-6,8-9H,7H2. The highest BCUT2D eigenvalue weighted by atomic mass is 35.5. The van der Waals surface area contributed by atoms with Crippen molar-refractivity contribution in [1.82, 2.24) is 15.0 Å². The highest BCUT2D eigenvalue weighted by Gasteiger charge is 2.05. The number of ether oxygens (including phenoxy) is 1. The minimum atomic E-state index is 0.339. The smallest absolute Gasteiger partial charge is 0.237 e. The molecule has 0 N–H and O–H groups in total. The van der Waals surface area contributed by atoms with Gasteiger partial charge in [0.25, 0.3) is 0 Å². The van der Waals surface area contributed by atoms with Crippen LogP contribution >= 0.6 is 11.6 Å². The van der Waals surface area contributed by atoms with E-state index in [1.165, 1.54) is 0 Å². The van der Waals surface area contributed by atoms with Crippen molar-refractivity contribution in [2.24, 2.45) is 0 Å². The largest absolute Gasteiger partial charge is 0.437 e. The number of benzene rings is 1. The van der Waals surface area contributed by atoms with Gasteiger partial charge in [-0.2, -0.15) is 0 Å². The fourth-order valence-electron chi connectivity index (χ4n) is 1.74. The van der Waals surface area contributed by atoms with Gasteiger partial charge in [-0.25, -0.2) is 4.98 Å². The monoisotopic (exact) mass is 271 g/mol. The first kappa shape index (κ1) is 11.9. The zero-order chi connectivity index (χ0) is 13.1. The summed E-state index contributed by atoms with van der Waals surface area (Å²) in [5.74, 6) is 1.48. The van der Waals surface area contributed by atoms with E-state index in [1.54, 1.807) is 18.6 Å². The molecule has 0 radical (unpaired) electrons. The molecular weight excluding hydrogens is 262 g/mol. The molecule has 3 aromatic rings. The van der Waals surface area contributed by atoms with Crippen molar-refractivity contribution in [1.29, 1.82) is 0 Å². The summed E-state index contributed by atoms with van der Waals surface area (Å²) in [5, 5.41) is 0.938. The van der Waals surface area contributed by atoms with Crippen LogP contribution in [0.2, 0.25) is 0 Å². The summed E-state index contributed by atoms with van der Waals surface area (Å²) in [6, 6.07) is 9.53. The molecule has 94 valence electrons. The number of halogens is 1. The first-order chi connectivity index (χ1) is 9.36. The second-order valence-corrected chi connectivity index (χ2v) is 4.18. The molecule has 2 aromatic heterocycles. The number of aromatic nitrogens is 3. The molecule has 1 aromatic carbocycles. The van der Waals surface area contributed by atoms with Gasteiger partial charge < -0.3 is 4.74 Å². The molecule has 0 aliphatic heterocycles. The lowest BCUT2D eigenvalue weighted by atomic mass is 10.2. The minimum absolute atomic E-state index is 0.339. The number of pyridine rings is 1. The zero-order valence-electron chi connectivity index (χ0n) is 9.95. The van der Waals surface area contributed by atoms with E-state index in [0.717, 1.165) is 10.9 Å². The Kier molecular flexibility index (Phi) is 3.25. The molecular formula is C14H10ClN3O. The quantitative estimate of drug-likeness (QED) is 0.684. The number of nitrogens with zero attached hydrogens (tertiary/aromatic N) is 3. The van der Waals surface area contributed by atoms with Gasteiger partial charge in [0.15, 0.2) is 0 Å². The van der Waals surface area contributed by atoms with Crippen molar-refractivity contribution in [3.8, 4) is 11.6 Å². The Balaban J connectivity index is 1.96. The molecule has 3 rings (SSSR count). The average Bonchev–Trinajstić information content (AvgIpc) is 2.48. The Labute approximate surface area is 115 Å². The Morgan fingerprint density at radius 1 is 1.00 bits per heavy atom.